The highest BCUT2D eigenvalue weighted by molar-refractivity contribution is 4.88. The summed E-state index contributed by atoms with van der Waals surface area (Å²) in [6.07, 6.45) is 3.96. The predicted octanol–water partition coefficient (Wildman–Crippen LogP) is 1.51. The molecule has 3 unspecified atom stereocenters. The second kappa shape index (κ2) is 3.35. The van der Waals surface area contributed by atoms with E-state index in [0.717, 1.165) is 31.2 Å². The first-order valence-electron chi connectivity index (χ1n) is 5.08. The minimum atomic E-state index is 0.782. The zero-order valence-corrected chi connectivity index (χ0v) is 8.12. The number of ether oxygens (including phenoxy) is 1. The first-order valence-corrected chi connectivity index (χ1v) is 5.08. The molecule has 2 heteroatoms. The molecule has 0 spiro atoms. The molecule has 0 saturated carbocycles. The Morgan fingerprint density at radius 3 is 2.92 bits per heavy atom. The lowest BCUT2D eigenvalue weighted by atomic mass is 9.84. The van der Waals surface area contributed by atoms with Gasteiger partial charge in [0.15, 0.2) is 0 Å². The highest BCUT2D eigenvalue weighted by atomic mass is 16.5. The van der Waals surface area contributed by atoms with Crippen LogP contribution >= 0.6 is 0 Å². The van der Waals surface area contributed by atoms with E-state index in [9.17, 15) is 0 Å². The molecule has 0 bridgehead atoms. The van der Waals surface area contributed by atoms with Crippen molar-refractivity contribution < 1.29 is 4.74 Å². The van der Waals surface area contributed by atoms with Gasteiger partial charge in [0.2, 0.25) is 0 Å². The number of nitrogens with zero attached hydrogens (tertiary/aromatic N) is 1. The van der Waals surface area contributed by atoms with Crippen molar-refractivity contribution in [3.8, 4) is 0 Å². The predicted molar refractivity (Wildman–Crippen MR) is 49.2 cm³/mol. The SMILES string of the molecule is CC1CCC2COCCC2N1C. The Morgan fingerprint density at radius 2 is 2.08 bits per heavy atom. The van der Waals surface area contributed by atoms with Crippen LogP contribution in [0.15, 0.2) is 0 Å². The van der Waals surface area contributed by atoms with Gasteiger partial charge in [0.1, 0.15) is 0 Å². The average Bonchev–Trinajstić information content (AvgIpc) is 2.12. The topological polar surface area (TPSA) is 12.5 Å². The number of likely N-dealkylation sites (tertiary alicyclic amines) is 1. The van der Waals surface area contributed by atoms with Gasteiger partial charge in [-0.2, -0.15) is 0 Å². The smallest absolute Gasteiger partial charge is 0.0509 e. The normalized spacial score (nSPS) is 44.0. The van der Waals surface area contributed by atoms with Gasteiger partial charge in [-0.05, 0) is 39.2 Å². The van der Waals surface area contributed by atoms with E-state index < -0.39 is 0 Å². The maximum Gasteiger partial charge on any atom is 0.0509 e. The first kappa shape index (κ1) is 8.52. The molecule has 12 heavy (non-hydrogen) atoms. The van der Waals surface area contributed by atoms with Crippen molar-refractivity contribution >= 4 is 0 Å². The van der Waals surface area contributed by atoms with Crippen LogP contribution in [0.3, 0.4) is 0 Å². The van der Waals surface area contributed by atoms with E-state index in [2.05, 4.69) is 18.9 Å². The van der Waals surface area contributed by atoms with Crippen molar-refractivity contribution in [2.75, 3.05) is 20.3 Å². The quantitative estimate of drug-likeness (QED) is 0.545. The van der Waals surface area contributed by atoms with Crippen molar-refractivity contribution in [1.29, 1.82) is 0 Å². The van der Waals surface area contributed by atoms with Gasteiger partial charge in [-0.15, -0.1) is 0 Å². The third kappa shape index (κ3) is 1.38. The van der Waals surface area contributed by atoms with Crippen LogP contribution in [0.5, 0.6) is 0 Å². The number of hydrogen-bond donors (Lipinski definition) is 0. The Morgan fingerprint density at radius 1 is 1.25 bits per heavy atom. The summed E-state index contributed by atoms with van der Waals surface area (Å²) in [6.45, 7) is 4.31. The van der Waals surface area contributed by atoms with Crippen LogP contribution in [0.2, 0.25) is 0 Å². The van der Waals surface area contributed by atoms with Gasteiger partial charge < -0.3 is 9.64 Å². The molecule has 0 aromatic rings. The van der Waals surface area contributed by atoms with Crippen LogP contribution in [0, 0.1) is 5.92 Å². The van der Waals surface area contributed by atoms with E-state index in [4.69, 9.17) is 4.74 Å². The van der Waals surface area contributed by atoms with Gasteiger partial charge in [0.25, 0.3) is 0 Å². The highest BCUT2D eigenvalue weighted by Gasteiger charge is 2.34. The van der Waals surface area contributed by atoms with E-state index in [0.29, 0.717) is 0 Å². The molecular formula is C10H19NO. The van der Waals surface area contributed by atoms with Crippen LogP contribution in [0.25, 0.3) is 0 Å². The monoisotopic (exact) mass is 169 g/mol. The Bertz CT molecular complexity index is 158. The molecule has 2 aliphatic heterocycles. The fourth-order valence-corrected chi connectivity index (χ4v) is 2.58. The highest BCUT2D eigenvalue weighted by Crippen LogP contribution is 2.31. The van der Waals surface area contributed by atoms with Gasteiger partial charge in [-0.3, -0.25) is 0 Å². The second-order valence-corrected chi connectivity index (χ2v) is 4.28. The van der Waals surface area contributed by atoms with Gasteiger partial charge >= 0.3 is 0 Å². The first-order chi connectivity index (χ1) is 5.79. The summed E-state index contributed by atoms with van der Waals surface area (Å²) in [5.74, 6) is 0.819. The van der Waals surface area contributed by atoms with Crippen molar-refractivity contribution in [2.45, 2.75) is 38.3 Å². The van der Waals surface area contributed by atoms with Gasteiger partial charge in [0.05, 0.1) is 6.61 Å². The molecule has 70 valence electrons. The van der Waals surface area contributed by atoms with Crippen LogP contribution < -0.4 is 0 Å². The molecule has 0 aliphatic carbocycles. The molecule has 2 saturated heterocycles. The fourth-order valence-electron chi connectivity index (χ4n) is 2.58. The van der Waals surface area contributed by atoms with E-state index in [-0.39, 0.29) is 0 Å². The Balaban J connectivity index is 2.03. The second-order valence-electron chi connectivity index (χ2n) is 4.28. The van der Waals surface area contributed by atoms with Gasteiger partial charge in [-0.1, -0.05) is 0 Å². The lowest BCUT2D eigenvalue weighted by Gasteiger charge is -2.45. The lowest BCUT2D eigenvalue weighted by Crippen LogP contribution is -2.51. The maximum atomic E-state index is 5.50. The third-order valence-corrected chi connectivity index (χ3v) is 3.61. The van der Waals surface area contributed by atoms with E-state index >= 15 is 0 Å². The molecule has 2 fully saturated rings. The standard InChI is InChI=1S/C10H19NO/c1-8-3-4-9-7-12-6-5-10(9)11(8)2/h8-10H,3-7H2,1-2H3. The van der Waals surface area contributed by atoms with Crippen molar-refractivity contribution in [3.05, 3.63) is 0 Å². The largest absolute Gasteiger partial charge is 0.381 e. The molecule has 0 amide bonds. The van der Waals surface area contributed by atoms with Gasteiger partial charge in [0, 0.05) is 18.7 Å². The Kier molecular flexibility index (Phi) is 2.37. The molecule has 0 aromatic heterocycles. The molecule has 0 N–H and O–H groups in total. The summed E-state index contributed by atoms with van der Waals surface area (Å²) in [5.41, 5.74) is 0. The molecule has 2 rings (SSSR count). The van der Waals surface area contributed by atoms with Crippen molar-refractivity contribution in [3.63, 3.8) is 0 Å². The molecule has 0 aromatic carbocycles. The van der Waals surface area contributed by atoms with Crippen molar-refractivity contribution in [1.82, 2.24) is 4.90 Å². The maximum absolute atomic E-state index is 5.50. The zero-order valence-electron chi connectivity index (χ0n) is 8.12. The summed E-state index contributed by atoms with van der Waals surface area (Å²) in [7, 11) is 2.27. The Labute approximate surface area is 74.9 Å². The van der Waals surface area contributed by atoms with Crippen molar-refractivity contribution in [2.24, 2.45) is 5.92 Å². The molecule has 2 nitrogen and oxygen atoms in total. The van der Waals surface area contributed by atoms with E-state index in [1.807, 2.05) is 0 Å². The summed E-state index contributed by atoms with van der Waals surface area (Å²) in [6, 6.07) is 1.59. The van der Waals surface area contributed by atoms with E-state index in [1.54, 1.807) is 0 Å². The molecule has 2 aliphatic rings. The number of rotatable bonds is 0. The molecule has 3 atom stereocenters. The lowest BCUT2D eigenvalue weighted by molar-refractivity contribution is -0.0429. The average molecular weight is 169 g/mol. The Hall–Kier alpha value is -0.0800. The molecule has 2 heterocycles. The molecular weight excluding hydrogens is 150 g/mol. The number of fused-ring (bicyclic) bond motifs is 1. The third-order valence-electron chi connectivity index (χ3n) is 3.61. The van der Waals surface area contributed by atoms with Crippen LogP contribution in [0.4, 0.5) is 0 Å². The minimum absolute atomic E-state index is 0.782. The number of hydrogen-bond acceptors (Lipinski definition) is 2. The summed E-state index contributed by atoms with van der Waals surface area (Å²) in [4.78, 5) is 2.55. The molecule has 0 radical (unpaired) electrons. The van der Waals surface area contributed by atoms with E-state index in [1.165, 1.54) is 19.3 Å². The summed E-state index contributed by atoms with van der Waals surface area (Å²) in [5, 5.41) is 0. The summed E-state index contributed by atoms with van der Waals surface area (Å²) < 4.78 is 5.50. The zero-order chi connectivity index (χ0) is 8.55. The van der Waals surface area contributed by atoms with Crippen LogP contribution in [-0.4, -0.2) is 37.2 Å². The minimum Gasteiger partial charge on any atom is -0.381 e. The summed E-state index contributed by atoms with van der Waals surface area (Å²) >= 11 is 0. The number of piperidine rings is 1. The van der Waals surface area contributed by atoms with Crippen LogP contribution in [-0.2, 0) is 4.74 Å². The fraction of sp³-hybridized carbons (Fsp3) is 1.00. The van der Waals surface area contributed by atoms with Gasteiger partial charge in [-0.25, -0.2) is 0 Å². The van der Waals surface area contributed by atoms with Crippen LogP contribution in [0.1, 0.15) is 26.2 Å².